The molecule has 1 N–H and O–H groups in total. The van der Waals surface area contributed by atoms with Crippen molar-refractivity contribution in [3.8, 4) is 5.75 Å². The Bertz CT molecular complexity index is 1170. The number of carbonyl (C=O) groups is 1. The van der Waals surface area contributed by atoms with Crippen LogP contribution in [0.25, 0.3) is 5.65 Å². The Kier molecular flexibility index (Phi) is 6.29. The van der Waals surface area contributed by atoms with Crippen LogP contribution in [0.3, 0.4) is 0 Å². The summed E-state index contributed by atoms with van der Waals surface area (Å²) >= 11 is 0. The van der Waals surface area contributed by atoms with Crippen molar-refractivity contribution in [2.24, 2.45) is 0 Å². The van der Waals surface area contributed by atoms with E-state index in [1.54, 1.807) is 23.1 Å². The molecule has 31 heavy (non-hydrogen) atoms. The van der Waals surface area contributed by atoms with Crippen molar-refractivity contribution in [1.29, 1.82) is 0 Å². The Balaban J connectivity index is 1.46. The highest BCUT2D eigenvalue weighted by atomic mass is 16.5. The molecule has 0 spiro atoms. The van der Waals surface area contributed by atoms with Gasteiger partial charge in [-0.1, -0.05) is 42.5 Å². The average Bonchev–Trinajstić information content (AvgIpc) is 3.20. The van der Waals surface area contributed by atoms with E-state index >= 15 is 0 Å². The first-order valence-electron chi connectivity index (χ1n) is 10.2. The lowest BCUT2D eigenvalue weighted by Crippen LogP contribution is -2.33. The van der Waals surface area contributed by atoms with E-state index in [-0.39, 0.29) is 19.1 Å². The van der Waals surface area contributed by atoms with Gasteiger partial charge in [-0.25, -0.2) is 4.98 Å². The van der Waals surface area contributed by atoms with Gasteiger partial charge in [-0.2, -0.15) is 0 Å². The third-order valence-corrected chi connectivity index (χ3v) is 4.99. The number of fused-ring (bicyclic) bond motifs is 1. The number of imidazole rings is 1. The predicted molar refractivity (Wildman–Crippen MR) is 119 cm³/mol. The molecule has 4 rings (SSSR count). The minimum atomic E-state index is -0.147. The molecular weight excluding hydrogens is 390 g/mol. The molecule has 0 radical (unpaired) electrons. The number of hydrogen-bond acceptors (Lipinski definition) is 4. The fourth-order valence-corrected chi connectivity index (χ4v) is 3.46. The summed E-state index contributed by atoms with van der Waals surface area (Å²) in [5.74, 6) is 0.453. The summed E-state index contributed by atoms with van der Waals surface area (Å²) in [6.45, 7) is 2.95. The first kappa shape index (κ1) is 20.6. The number of nitrogens with zero attached hydrogens (tertiary/aromatic N) is 3. The molecule has 6 nitrogen and oxygen atoms in total. The Morgan fingerprint density at radius 2 is 1.90 bits per heavy atom. The number of aliphatic hydroxyl groups is 1. The summed E-state index contributed by atoms with van der Waals surface area (Å²) in [6, 6.07) is 20.9. The molecule has 2 aromatic carbocycles. The van der Waals surface area contributed by atoms with Crippen molar-refractivity contribution in [2.45, 2.75) is 20.1 Å². The predicted octanol–water partition coefficient (Wildman–Crippen LogP) is 3.86. The number of ether oxygens (including phenoxy) is 1. The van der Waals surface area contributed by atoms with Crippen LogP contribution in [0.4, 0.5) is 0 Å². The molecule has 158 valence electrons. The summed E-state index contributed by atoms with van der Waals surface area (Å²) in [5.41, 5.74) is 4.37. The molecule has 2 heterocycles. The second-order valence-corrected chi connectivity index (χ2v) is 7.46. The highest BCUT2D eigenvalue weighted by Gasteiger charge is 2.16. The standard InChI is InChI=1S/C25H25N3O3/c1-19-10-11-24-26-22(17-28(24)15-19)18-31-23-9-5-8-21(14-23)25(30)27(12-13-29)16-20-6-3-2-4-7-20/h2-11,14-15,17,29H,12-13,16,18H2,1H3. The quantitative estimate of drug-likeness (QED) is 0.475. The summed E-state index contributed by atoms with van der Waals surface area (Å²) in [4.78, 5) is 19.3. The smallest absolute Gasteiger partial charge is 0.254 e. The Hall–Kier alpha value is -3.64. The van der Waals surface area contributed by atoms with Gasteiger partial charge in [-0.3, -0.25) is 4.79 Å². The van der Waals surface area contributed by atoms with Gasteiger partial charge in [0.05, 0.1) is 12.3 Å². The molecule has 0 fully saturated rings. The third-order valence-electron chi connectivity index (χ3n) is 4.99. The maximum absolute atomic E-state index is 13.1. The van der Waals surface area contributed by atoms with Crippen LogP contribution in [0.2, 0.25) is 0 Å². The zero-order valence-corrected chi connectivity index (χ0v) is 17.4. The average molecular weight is 415 g/mol. The van der Waals surface area contributed by atoms with E-state index in [1.807, 2.05) is 72.2 Å². The van der Waals surface area contributed by atoms with Crippen molar-refractivity contribution in [3.05, 3.63) is 102 Å². The highest BCUT2D eigenvalue weighted by molar-refractivity contribution is 5.94. The molecule has 6 heteroatoms. The van der Waals surface area contributed by atoms with Crippen LogP contribution in [0, 0.1) is 6.92 Å². The molecule has 0 aliphatic rings. The van der Waals surface area contributed by atoms with Crippen LogP contribution in [0.15, 0.2) is 79.1 Å². The lowest BCUT2D eigenvalue weighted by molar-refractivity contribution is 0.0707. The monoisotopic (exact) mass is 415 g/mol. The molecule has 0 atom stereocenters. The number of aryl methyl sites for hydroxylation is 1. The second kappa shape index (κ2) is 9.45. The van der Waals surface area contributed by atoms with Crippen molar-refractivity contribution < 1.29 is 14.6 Å². The van der Waals surface area contributed by atoms with Gasteiger partial charge in [0.1, 0.15) is 18.0 Å². The maximum atomic E-state index is 13.1. The molecule has 0 bridgehead atoms. The lowest BCUT2D eigenvalue weighted by atomic mass is 10.1. The molecule has 0 saturated heterocycles. The maximum Gasteiger partial charge on any atom is 0.254 e. The zero-order chi connectivity index (χ0) is 21.6. The van der Waals surface area contributed by atoms with Crippen LogP contribution >= 0.6 is 0 Å². The van der Waals surface area contributed by atoms with Crippen LogP contribution in [-0.2, 0) is 13.2 Å². The molecular formula is C25H25N3O3. The van der Waals surface area contributed by atoms with E-state index in [1.165, 1.54) is 0 Å². The second-order valence-electron chi connectivity index (χ2n) is 7.46. The zero-order valence-electron chi connectivity index (χ0n) is 17.4. The Labute approximate surface area is 181 Å². The van der Waals surface area contributed by atoms with E-state index < -0.39 is 0 Å². The van der Waals surface area contributed by atoms with Crippen molar-refractivity contribution in [2.75, 3.05) is 13.2 Å². The summed E-state index contributed by atoms with van der Waals surface area (Å²) in [7, 11) is 0. The fraction of sp³-hybridized carbons (Fsp3) is 0.200. The number of aliphatic hydroxyl groups excluding tert-OH is 1. The van der Waals surface area contributed by atoms with Gasteiger partial charge < -0.3 is 19.1 Å². The van der Waals surface area contributed by atoms with Gasteiger partial charge in [0, 0.05) is 31.0 Å². The van der Waals surface area contributed by atoms with Gasteiger partial charge in [-0.15, -0.1) is 0 Å². The third kappa shape index (κ3) is 5.10. The van der Waals surface area contributed by atoms with Gasteiger partial charge in [0.2, 0.25) is 0 Å². The normalized spacial score (nSPS) is 10.9. The number of pyridine rings is 1. The molecule has 4 aromatic rings. The highest BCUT2D eigenvalue weighted by Crippen LogP contribution is 2.18. The minimum Gasteiger partial charge on any atom is -0.487 e. The topological polar surface area (TPSA) is 67.1 Å². The van der Waals surface area contributed by atoms with E-state index in [9.17, 15) is 9.90 Å². The first-order valence-corrected chi connectivity index (χ1v) is 10.2. The first-order chi connectivity index (χ1) is 15.1. The SMILES string of the molecule is Cc1ccc2nc(COc3cccc(C(=O)N(CCO)Cc4ccccc4)c3)cn2c1. The summed E-state index contributed by atoms with van der Waals surface area (Å²) in [6.07, 6.45) is 3.97. The minimum absolute atomic E-state index is 0.0951. The van der Waals surface area contributed by atoms with Gasteiger partial charge >= 0.3 is 0 Å². The van der Waals surface area contributed by atoms with Gasteiger partial charge in [0.15, 0.2) is 0 Å². The summed E-state index contributed by atoms with van der Waals surface area (Å²) < 4.78 is 7.88. The molecule has 0 aliphatic heterocycles. The summed E-state index contributed by atoms with van der Waals surface area (Å²) in [5, 5.41) is 9.42. The van der Waals surface area contributed by atoms with E-state index in [0.717, 1.165) is 22.5 Å². The lowest BCUT2D eigenvalue weighted by Gasteiger charge is -2.22. The van der Waals surface area contributed by atoms with Crippen molar-refractivity contribution in [3.63, 3.8) is 0 Å². The number of carbonyl (C=O) groups excluding carboxylic acids is 1. The molecule has 0 unspecified atom stereocenters. The van der Waals surface area contributed by atoms with Crippen molar-refractivity contribution >= 4 is 11.6 Å². The van der Waals surface area contributed by atoms with Crippen LogP contribution in [0.1, 0.15) is 27.2 Å². The van der Waals surface area contributed by atoms with Gasteiger partial charge in [0.25, 0.3) is 5.91 Å². The Morgan fingerprint density at radius 1 is 1.06 bits per heavy atom. The van der Waals surface area contributed by atoms with Crippen LogP contribution < -0.4 is 4.74 Å². The fourth-order valence-electron chi connectivity index (χ4n) is 3.46. The molecule has 0 saturated carbocycles. The number of hydrogen-bond donors (Lipinski definition) is 1. The van der Waals surface area contributed by atoms with E-state index in [4.69, 9.17) is 4.74 Å². The number of amides is 1. The molecule has 1 amide bonds. The number of rotatable bonds is 8. The largest absolute Gasteiger partial charge is 0.487 e. The van der Waals surface area contributed by atoms with Crippen LogP contribution in [-0.4, -0.2) is 38.4 Å². The molecule has 2 aromatic heterocycles. The van der Waals surface area contributed by atoms with Gasteiger partial charge in [-0.05, 0) is 42.3 Å². The number of aromatic nitrogens is 2. The van der Waals surface area contributed by atoms with Crippen molar-refractivity contribution in [1.82, 2.24) is 14.3 Å². The van der Waals surface area contributed by atoms with Crippen LogP contribution in [0.5, 0.6) is 5.75 Å². The van der Waals surface area contributed by atoms with E-state index in [0.29, 0.717) is 24.5 Å². The van der Waals surface area contributed by atoms with E-state index in [2.05, 4.69) is 4.98 Å². The Morgan fingerprint density at radius 3 is 2.71 bits per heavy atom. The number of benzene rings is 2. The molecule has 0 aliphatic carbocycles.